The van der Waals surface area contributed by atoms with Crippen molar-refractivity contribution in [1.29, 1.82) is 0 Å². The molecule has 11 aromatic rings. The van der Waals surface area contributed by atoms with Crippen LogP contribution in [0, 0.1) is 0 Å². The summed E-state index contributed by atoms with van der Waals surface area (Å²) in [5, 5.41) is 9.86. The van der Waals surface area contributed by atoms with E-state index in [1.165, 1.54) is 5.39 Å². The number of furan rings is 1. The molecule has 56 heavy (non-hydrogen) atoms. The van der Waals surface area contributed by atoms with E-state index in [0.717, 1.165) is 94.6 Å². The molecule has 0 aliphatic rings. The number of rotatable bonds is 6. The standard InChI is InChI=1S/C51H32N4O/c1-4-15-34(16-5-1)44-31-38-21-10-11-22-39(38)50-47(35-17-6-2-7-18-35)49(54-55(44)50)36-29-27-33(28-30-36)42-32-43(53-51(52-42)37-19-8-3-9-20-37)40-24-14-26-46-48(40)41-23-12-13-25-45(41)56-46/h1-32H. The highest BCUT2D eigenvalue weighted by molar-refractivity contribution is 6.12. The lowest BCUT2D eigenvalue weighted by atomic mass is 9.96. The van der Waals surface area contributed by atoms with E-state index in [9.17, 15) is 0 Å². The van der Waals surface area contributed by atoms with Gasteiger partial charge in [-0.15, -0.1) is 0 Å². The lowest BCUT2D eigenvalue weighted by Gasteiger charge is -2.11. The first-order chi connectivity index (χ1) is 27.8. The molecule has 4 heterocycles. The quantitative estimate of drug-likeness (QED) is 0.172. The fourth-order valence-electron chi connectivity index (χ4n) is 8.02. The van der Waals surface area contributed by atoms with Crippen molar-refractivity contribution in [2.24, 2.45) is 0 Å². The summed E-state index contributed by atoms with van der Waals surface area (Å²) in [6.45, 7) is 0. The highest BCUT2D eigenvalue weighted by Crippen LogP contribution is 2.42. The molecule has 0 saturated heterocycles. The van der Waals surface area contributed by atoms with Gasteiger partial charge in [0.25, 0.3) is 0 Å². The van der Waals surface area contributed by atoms with Crippen molar-refractivity contribution >= 4 is 38.2 Å². The molecule has 0 radical (unpaired) electrons. The highest BCUT2D eigenvalue weighted by Gasteiger charge is 2.22. The highest BCUT2D eigenvalue weighted by atomic mass is 16.3. The van der Waals surface area contributed by atoms with Crippen molar-refractivity contribution in [1.82, 2.24) is 19.6 Å². The monoisotopic (exact) mass is 716 g/mol. The SMILES string of the molecule is c1ccc(-c2nc(-c3ccc(-c4nn5c(-c6ccccc6)cc6ccccc6c5c4-c4ccccc4)cc3)cc(-c3cccc4oc5ccccc5c34)n2)cc1. The Labute approximate surface area is 322 Å². The van der Waals surface area contributed by atoms with Gasteiger partial charge in [0.15, 0.2) is 5.82 Å². The topological polar surface area (TPSA) is 56.2 Å². The van der Waals surface area contributed by atoms with E-state index in [1.54, 1.807) is 0 Å². The van der Waals surface area contributed by atoms with Crippen LogP contribution in [0.15, 0.2) is 199 Å². The fourth-order valence-corrected chi connectivity index (χ4v) is 8.02. The number of nitrogens with zero attached hydrogens (tertiary/aromatic N) is 4. The minimum Gasteiger partial charge on any atom is -0.456 e. The lowest BCUT2D eigenvalue weighted by Crippen LogP contribution is -1.96. The predicted octanol–water partition coefficient (Wildman–Crippen LogP) is 13.2. The largest absolute Gasteiger partial charge is 0.456 e. The number of para-hydroxylation sites is 1. The predicted molar refractivity (Wildman–Crippen MR) is 228 cm³/mol. The van der Waals surface area contributed by atoms with Crippen LogP contribution in [0.1, 0.15) is 0 Å². The normalized spacial score (nSPS) is 11.6. The number of benzene rings is 7. The summed E-state index contributed by atoms with van der Waals surface area (Å²) in [4.78, 5) is 10.3. The molecule has 0 fully saturated rings. The Morgan fingerprint density at radius 3 is 1.80 bits per heavy atom. The summed E-state index contributed by atoms with van der Waals surface area (Å²) in [5.74, 6) is 0.666. The smallest absolute Gasteiger partial charge is 0.160 e. The van der Waals surface area contributed by atoms with Gasteiger partial charge < -0.3 is 4.42 Å². The van der Waals surface area contributed by atoms with Gasteiger partial charge in [0, 0.05) is 49.5 Å². The van der Waals surface area contributed by atoms with Crippen LogP contribution in [-0.2, 0) is 0 Å². The molecule has 262 valence electrons. The van der Waals surface area contributed by atoms with Gasteiger partial charge in [-0.05, 0) is 35.2 Å². The van der Waals surface area contributed by atoms with Crippen LogP contribution in [-0.4, -0.2) is 19.6 Å². The number of fused-ring (bicyclic) bond motifs is 6. The fraction of sp³-hybridized carbons (Fsp3) is 0. The zero-order chi connectivity index (χ0) is 37.0. The second kappa shape index (κ2) is 13.0. The number of pyridine rings is 1. The molecule has 0 unspecified atom stereocenters. The molecule has 0 aliphatic carbocycles. The zero-order valence-electron chi connectivity index (χ0n) is 30.2. The van der Waals surface area contributed by atoms with Crippen molar-refractivity contribution < 1.29 is 4.42 Å². The lowest BCUT2D eigenvalue weighted by molar-refractivity contribution is 0.669. The van der Waals surface area contributed by atoms with E-state index in [-0.39, 0.29) is 0 Å². The first-order valence-electron chi connectivity index (χ1n) is 18.8. The first-order valence-corrected chi connectivity index (χ1v) is 18.8. The van der Waals surface area contributed by atoms with Crippen LogP contribution < -0.4 is 0 Å². The Bertz CT molecular complexity index is 3220. The van der Waals surface area contributed by atoms with Gasteiger partial charge >= 0.3 is 0 Å². The summed E-state index contributed by atoms with van der Waals surface area (Å²) in [7, 11) is 0. The third-order valence-corrected chi connectivity index (χ3v) is 10.6. The summed E-state index contributed by atoms with van der Waals surface area (Å²) in [6.07, 6.45) is 0. The summed E-state index contributed by atoms with van der Waals surface area (Å²) < 4.78 is 8.40. The number of aromatic nitrogens is 4. The molecule has 0 amide bonds. The molecule has 0 N–H and O–H groups in total. The van der Waals surface area contributed by atoms with Crippen LogP contribution in [0.4, 0.5) is 0 Å². The second-order valence-electron chi connectivity index (χ2n) is 14.0. The third kappa shape index (κ3) is 5.29. The van der Waals surface area contributed by atoms with Gasteiger partial charge in [-0.25, -0.2) is 14.5 Å². The van der Waals surface area contributed by atoms with Crippen LogP contribution in [0.2, 0.25) is 0 Å². The Balaban J connectivity index is 1.11. The average molecular weight is 717 g/mol. The molecule has 0 saturated carbocycles. The van der Waals surface area contributed by atoms with E-state index in [0.29, 0.717) is 5.82 Å². The van der Waals surface area contributed by atoms with E-state index in [2.05, 4.69) is 150 Å². The molecule has 7 aromatic carbocycles. The van der Waals surface area contributed by atoms with Crippen molar-refractivity contribution in [2.45, 2.75) is 0 Å². The Morgan fingerprint density at radius 1 is 0.429 bits per heavy atom. The van der Waals surface area contributed by atoms with Gasteiger partial charge in [0.05, 0.1) is 22.6 Å². The molecule has 0 spiro atoms. The van der Waals surface area contributed by atoms with Gasteiger partial charge in [-0.2, -0.15) is 5.10 Å². The molecule has 5 nitrogen and oxygen atoms in total. The maximum Gasteiger partial charge on any atom is 0.160 e. The van der Waals surface area contributed by atoms with Gasteiger partial charge in [0.2, 0.25) is 0 Å². The van der Waals surface area contributed by atoms with Crippen LogP contribution in [0.3, 0.4) is 0 Å². The minimum absolute atomic E-state index is 0.666. The summed E-state index contributed by atoms with van der Waals surface area (Å²) in [6, 6.07) is 67.2. The third-order valence-electron chi connectivity index (χ3n) is 10.6. The molecule has 4 aromatic heterocycles. The van der Waals surface area contributed by atoms with E-state index < -0.39 is 0 Å². The molecule has 11 rings (SSSR count). The van der Waals surface area contributed by atoms with Crippen LogP contribution in [0.5, 0.6) is 0 Å². The average Bonchev–Trinajstić information content (AvgIpc) is 3.87. The molecule has 0 atom stereocenters. The minimum atomic E-state index is 0.666. The van der Waals surface area contributed by atoms with Crippen molar-refractivity contribution in [3.05, 3.63) is 194 Å². The number of hydrogen-bond donors (Lipinski definition) is 0. The van der Waals surface area contributed by atoms with Crippen molar-refractivity contribution in [2.75, 3.05) is 0 Å². The second-order valence-corrected chi connectivity index (χ2v) is 14.0. The first kappa shape index (κ1) is 31.9. The maximum atomic E-state index is 6.27. The van der Waals surface area contributed by atoms with Crippen molar-refractivity contribution in [3.63, 3.8) is 0 Å². The number of hydrogen-bond acceptors (Lipinski definition) is 4. The summed E-state index contributed by atoms with van der Waals surface area (Å²) >= 11 is 0. The Hall–Kier alpha value is -7.63. The van der Waals surface area contributed by atoms with Crippen LogP contribution in [0.25, 0.3) is 106 Å². The van der Waals surface area contributed by atoms with Gasteiger partial charge in [-0.3, -0.25) is 0 Å². The maximum absolute atomic E-state index is 6.27. The Kier molecular flexibility index (Phi) is 7.42. The van der Waals surface area contributed by atoms with Gasteiger partial charge in [-0.1, -0.05) is 170 Å². The summed E-state index contributed by atoms with van der Waals surface area (Å²) in [5.41, 5.74) is 13.7. The van der Waals surface area contributed by atoms with E-state index in [1.807, 2.05) is 48.5 Å². The van der Waals surface area contributed by atoms with E-state index >= 15 is 0 Å². The molecular formula is C51H32N4O. The van der Waals surface area contributed by atoms with Crippen LogP contribution >= 0.6 is 0 Å². The van der Waals surface area contributed by atoms with Gasteiger partial charge in [0.1, 0.15) is 16.9 Å². The molecular weight excluding hydrogens is 685 g/mol. The molecule has 5 heteroatoms. The molecule has 0 aliphatic heterocycles. The Morgan fingerprint density at radius 2 is 1.04 bits per heavy atom. The van der Waals surface area contributed by atoms with Crippen molar-refractivity contribution in [3.8, 4) is 67.5 Å². The van der Waals surface area contributed by atoms with E-state index in [4.69, 9.17) is 19.5 Å². The zero-order valence-corrected chi connectivity index (χ0v) is 30.2. The molecule has 0 bridgehead atoms.